The molecule has 1 fully saturated rings. The van der Waals surface area contributed by atoms with Gasteiger partial charge in [0.2, 0.25) is 0 Å². The fourth-order valence-electron chi connectivity index (χ4n) is 2.17. The first-order chi connectivity index (χ1) is 8.56. The Balaban J connectivity index is 2.05. The summed E-state index contributed by atoms with van der Waals surface area (Å²) in [6, 6.07) is 6.93. The lowest BCUT2D eigenvalue weighted by Gasteiger charge is -2.19. The third-order valence-corrected chi connectivity index (χ3v) is 4.00. The molecule has 0 aliphatic carbocycles. The average molecular weight is 313 g/mol. The standard InChI is InChI=1S/C14H21BrN2O/c1-10(2)16-8-11-3-4-12(7-14(11)15)17-6-5-13(18)9-17/h3-4,7,10,13,16,18H,5-6,8-9H2,1-2H3. The maximum absolute atomic E-state index is 9.57. The zero-order chi connectivity index (χ0) is 13.1. The molecule has 1 aromatic carbocycles. The molecular formula is C14H21BrN2O. The predicted octanol–water partition coefficient (Wildman–Crippen LogP) is 2.52. The van der Waals surface area contributed by atoms with Crippen molar-refractivity contribution >= 4 is 21.6 Å². The van der Waals surface area contributed by atoms with Gasteiger partial charge in [-0.05, 0) is 24.1 Å². The van der Waals surface area contributed by atoms with E-state index in [1.165, 1.54) is 11.3 Å². The number of hydrogen-bond acceptors (Lipinski definition) is 3. The number of nitrogens with zero attached hydrogens (tertiary/aromatic N) is 1. The van der Waals surface area contributed by atoms with Crippen LogP contribution < -0.4 is 10.2 Å². The van der Waals surface area contributed by atoms with Crippen LogP contribution in [0, 0.1) is 0 Å². The fourth-order valence-corrected chi connectivity index (χ4v) is 2.67. The van der Waals surface area contributed by atoms with Crippen molar-refractivity contribution in [1.82, 2.24) is 5.32 Å². The Kier molecular flexibility index (Phi) is 4.65. The molecule has 1 aliphatic heterocycles. The second-order valence-electron chi connectivity index (χ2n) is 5.20. The minimum atomic E-state index is -0.175. The van der Waals surface area contributed by atoms with Crippen LogP contribution in [0.5, 0.6) is 0 Å². The average Bonchev–Trinajstić information content (AvgIpc) is 2.74. The number of β-amino-alcohol motifs (C(OH)–C–C–N with tert-alkyl or cyclic N) is 1. The molecule has 2 N–H and O–H groups in total. The summed E-state index contributed by atoms with van der Waals surface area (Å²) in [5.41, 5.74) is 2.46. The first kappa shape index (κ1) is 13.8. The maximum Gasteiger partial charge on any atom is 0.0731 e. The van der Waals surface area contributed by atoms with Gasteiger partial charge in [-0.1, -0.05) is 35.8 Å². The lowest BCUT2D eigenvalue weighted by Crippen LogP contribution is -2.23. The molecule has 0 saturated carbocycles. The second-order valence-corrected chi connectivity index (χ2v) is 6.05. The molecule has 2 rings (SSSR count). The van der Waals surface area contributed by atoms with Gasteiger partial charge in [-0.15, -0.1) is 0 Å². The van der Waals surface area contributed by atoms with Crippen molar-refractivity contribution < 1.29 is 5.11 Å². The first-order valence-corrected chi connectivity index (χ1v) is 7.30. The SMILES string of the molecule is CC(C)NCc1ccc(N2CCC(O)C2)cc1Br. The van der Waals surface area contributed by atoms with E-state index in [-0.39, 0.29) is 6.10 Å². The van der Waals surface area contributed by atoms with Crippen LogP contribution in [-0.2, 0) is 6.54 Å². The van der Waals surface area contributed by atoms with Crippen molar-refractivity contribution in [2.45, 2.75) is 39.0 Å². The first-order valence-electron chi connectivity index (χ1n) is 6.51. The second kappa shape index (κ2) is 6.04. The number of nitrogens with one attached hydrogen (secondary N) is 1. The summed E-state index contributed by atoms with van der Waals surface area (Å²) in [5, 5.41) is 13.0. The third kappa shape index (κ3) is 3.46. The number of aliphatic hydroxyl groups is 1. The van der Waals surface area contributed by atoms with Gasteiger partial charge < -0.3 is 15.3 Å². The van der Waals surface area contributed by atoms with Crippen molar-refractivity contribution in [2.24, 2.45) is 0 Å². The highest BCUT2D eigenvalue weighted by Crippen LogP contribution is 2.26. The molecule has 3 nitrogen and oxygen atoms in total. The molecule has 100 valence electrons. The van der Waals surface area contributed by atoms with E-state index in [0.717, 1.165) is 30.5 Å². The van der Waals surface area contributed by atoms with Gasteiger partial charge in [-0.2, -0.15) is 0 Å². The van der Waals surface area contributed by atoms with Crippen molar-refractivity contribution in [3.8, 4) is 0 Å². The monoisotopic (exact) mass is 312 g/mol. The summed E-state index contributed by atoms with van der Waals surface area (Å²) in [5.74, 6) is 0. The molecule has 4 heteroatoms. The van der Waals surface area contributed by atoms with Gasteiger partial charge in [0.05, 0.1) is 6.10 Å². The molecule has 1 aliphatic rings. The minimum Gasteiger partial charge on any atom is -0.391 e. The van der Waals surface area contributed by atoms with Crippen LogP contribution in [0.25, 0.3) is 0 Å². The van der Waals surface area contributed by atoms with Crippen molar-refractivity contribution in [2.75, 3.05) is 18.0 Å². The van der Waals surface area contributed by atoms with E-state index in [4.69, 9.17) is 0 Å². The Labute approximate surface area is 117 Å². The highest BCUT2D eigenvalue weighted by atomic mass is 79.9. The summed E-state index contributed by atoms with van der Waals surface area (Å²) >= 11 is 3.63. The largest absolute Gasteiger partial charge is 0.391 e. The third-order valence-electron chi connectivity index (χ3n) is 3.27. The molecule has 0 amide bonds. The molecule has 0 aromatic heterocycles. The van der Waals surface area contributed by atoms with E-state index in [1.807, 2.05) is 0 Å². The summed E-state index contributed by atoms with van der Waals surface area (Å²) in [7, 11) is 0. The van der Waals surface area contributed by atoms with Crippen LogP contribution in [0.1, 0.15) is 25.8 Å². The summed E-state index contributed by atoms with van der Waals surface area (Å²) in [4.78, 5) is 2.23. The number of rotatable bonds is 4. The number of benzene rings is 1. The summed E-state index contributed by atoms with van der Waals surface area (Å²) in [6.07, 6.45) is 0.694. The van der Waals surface area contributed by atoms with Crippen LogP contribution in [0.3, 0.4) is 0 Å². The maximum atomic E-state index is 9.57. The zero-order valence-corrected chi connectivity index (χ0v) is 12.6. The van der Waals surface area contributed by atoms with Crippen LogP contribution in [-0.4, -0.2) is 30.3 Å². The topological polar surface area (TPSA) is 35.5 Å². The van der Waals surface area contributed by atoms with Crippen LogP contribution in [0.15, 0.2) is 22.7 Å². The molecule has 1 heterocycles. The van der Waals surface area contributed by atoms with Gasteiger partial charge >= 0.3 is 0 Å². The van der Waals surface area contributed by atoms with E-state index in [0.29, 0.717) is 6.04 Å². The predicted molar refractivity (Wildman–Crippen MR) is 79.0 cm³/mol. The number of halogens is 1. The van der Waals surface area contributed by atoms with Crippen molar-refractivity contribution in [3.05, 3.63) is 28.2 Å². The van der Waals surface area contributed by atoms with Gasteiger partial charge in [-0.3, -0.25) is 0 Å². The molecule has 1 atom stereocenters. The molecule has 1 saturated heterocycles. The van der Waals surface area contributed by atoms with E-state index in [1.54, 1.807) is 0 Å². The molecule has 18 heavy (non-hydrogen) atoms. The van der Waals surface area contributed by atoms with Crippen LogP contribution >= 0.6 is 15.9 Å². The molecule has 1 unspecified atom stereocenters. The van der Waals surface area contributed by atoms with Crippen LogP contribution in [0.2, 0.25) is 0 Å². The van der Waals surface area contributed by atoms with E-state index < -0.39 is 0 Å². The van der Waals surface area contributed by atoms with Crippen molar-refractivity contribution in [3.63, 3.8) is 0 Å². The Hall–Kier alpha value is -0.580. The van der Waals surface area contributed by atoms with Gasteiger partial charge in [0.25, 0.3) is 0 Å². The van der Waals surface area contributed by atoms with E-state index in [9.17, 15) is 5.11 Å². The summed E-state index contributed by atoms with van der Waals surface area (Å²) < 4.78 is 1.13. The van der Waals surface area contributed by atoms with Gasteiger partial charge in [0.15, 0.2) is 0 Å². The minimum absolute atomic E-state index is 0.175. The molecule has 0 spiro atoms. The Bertz CT molecular complexity index is 409. The molecule has 1 aromatic rings. The highest BCUT2D eigenvalue weighted by Gasteiger charge is 2.20. The van der Waals surface area contributed by atoms with Gasteiger partial charge in [-0.25, -0.2) is 0 Å². The quantitative estimate of drug-likeness (QED) is 0.897. The molecule has 0 radical (unpaired) electrons. The Morgan fingerprint density at radius 2 is 2.28 bits per heavy atom. The summed E-state index contributed by atoms with van der Waals surface area (Å²) in [6.45, 7) is 6.86. The van der Waals surface area contributed by atoms with Gasteiger partial charge in [0.1, 0.15) is 0 Å². The lowest BCUT2D eigenvalue weighted by atomic mass is 10.2. The molecule has 0 bridgehead atoms. The van der Waals surface area contributed by atoms with E-state index >= 15 is 0 Å². The smallest absolute Gasteiger partial charge is 0.0731 e. The van der Waals surface area contributed by atoms with Gasteiger partial charge in [0, 0.05) is 35.8 Å². The lowest BCUT2D eigenvalue weighted by molar-refractivity contribution is 0.198. The number of aliphatic hydroxyl groups excluding tert-OH is 1. The Morgan fingerprint density at radius 1 is 1.50 bits per heavy atom. The molecular weight excluding hydrogens is 292 g/mol. The number of hydrogen-bond donors (Lipinski definition) is 2. The van der Waals surface area contributed by atoms with Crippen LogP contribution in [0.4, 0.5) is 5.69 Å². The normalized spacial score (nSPS) is 19.8. The Morgan fingerprint density at radius 3 is 2.83 bits per heavy atom. The van der Waals surface area contributed by atoms with E-state index in [2.05, 4.69) is 58.2 Å². The van der Waals surface area contributed by atoms with Crippen molar-refractivity contribution in [1.29, 1.82) is 0 Å². The fraction of sp³-hybridized carbons (Fsp3) is 0.571. The number of anilines is 1. The zero-order valence-electron chi connectivity index (χ0n) is 11.0. The highest BCUT2D eigenvalue weighted by molar-refractivity contribution is 9.10.